The summed E-state index contributed by atoms with van der Waals surface area (Å²) in [6.07, 6.45) is 3.73. The second kappa shape index (κ2) is 9.39. The Morgan fingerprint density at radius 2 is 1.55 bits per heavy atom. The number of sulfonamides is 2. The molecule has 0 saturated carbocycles. The lowest BCUT2D eigenvalue weighted by atomic mass is 10.2. The molecule has 170 valence electrons. The summed E-state index contributed by atoms with van der Waals surface area (Å²) in [6, 6.07) is 8.78. The molecule has 4 rings (SSSR count). The lowest BCUT2D eigenvalue weighted by molar-refractivity contribution is 0.0730. The summed E-state index contributed by atoms with van der Waals surface area (Å²) >= 11 is 0. The van der Waals surface area contributed by atoms with Crippen molar-refractivity contribution in [2.45, 2.75) is 28.7 Å². The minimum absolute atomic E-state index is 0.0213. The van der Waals surface area contributed by atoms with Crippen molar-refractivity contribution in [1.29, 1.82) is 0 Å². The fourth-order valence-electron chi connectivity index (χ4n) is 3.94. The van der Waals surface area contributed by atoms with Crippen LogP contribution >= 0.6 is 0 Å². The zero-order valence-electron chi connectivity index (χ0n) is 17.1. The molecular formula is C20H27N3O6S2. The predicted molar refractivity (Wildman–Crippen MR) is 113 cm³/mol. The van der Waals surface area contributed by atoms with Crippen LogP contribution in [-0.4, -0.2) is 72.0 Å². The van der Waals surface area contributed by atoms with Crippen LogP contribution in [0.25, 0.3) is 0 Å². The van der Waals surface area contributed by atoms with Crippen molar-refractivity contribution in [3.05, 3.63) is 48.4 Å². The third-order valence-corrected chi connectivity index (χ3v) is 9.01. The normalized spacial score (nSPS) is 20.1. The molecule has 2 fully saturated rings. The fraction of sp³-hybridized carbons (Fsp3) is 0.500. The molecule has 0 spiro atoms. The van der Waals surface area contributed by atoms with E-state index < -0.39 is 20.0 Å². The largest absolute Gasteiger partial charge is 0.468 e. The topological polar surface area (TPSA) is 109 Å². The van der Waals surface area contributed by atoms with Gasteiger partial charge in [-0.1, -0.05) is 0 Å². The first-order valence-corrected chi connectivity index (χ1v) is 13.3. The second-order valence-corrected chi connectivity index (χ2v) is 11.3. The van der Waals surface area contributed by atoms with Gasteiger partial charge in [0.05, 0.1) is 35.3 Å². The van der Waals surface area contributed by atoms with Crippen LogP contribution in [0.15, 0.2) is 56.9 Å². The maximum absolute atomic E-state index is 12.8. The van der Waals surface area contributed by atoms with Crippen LogP contribution in [0.4, 0.5) is 0 Å². The molecular weight excluding hydrogens is 442 g/mol. The highest BCUT2D eigenvalue weighted by molar-refractivity contribution is 7.89. The third-order valence-electron chi connectivity index (χ3n) is 5.66. The molecule has 0 bridgehead atoms. The summed E-state index contributed by atoms with van der Waals surface area (Å²) in [5, 5.41) is 0. The van der Waals surface area contributed by atoms with Gasteiger partial charge in [0.1, 0.15) is 5.76 Å². The molecule has 9 nitrogen and oxygen atoms in total. The van der Waals surface area contributed by atoms with Crippen LogP contribution < -0.4 is 4.72 Å². The minimum atomic E-state index is -3.81. The van der Waals surface area contributed by atoms with Crippen molar-refractivity contribution in [3.63, 3.8) is 0 Å². The molecule has 31 heavy (non-hydrogen) atoms. The summed E-state index contributed by atoms with van der Waals surface area (Å²) in [5.74, 6) is 0.719. The number of benzene rings is 1. The Bertz CT molecular complexity index is 1060. The van der Waals surface area contributed by atoms with Gasteiger partial charge in [-0.05, 0) is 62.3 Å². The van der Waals surface area contributed by atoms with E-state index in [9.17, 15) is 16.8 Å². The molecule has 1 unspecified atom stereocenters. The Kier molecular flexibility index (Phi) is 6.80. The van der Waals surface area contributed by atoms with E-state index >= 15 is 0 Å². The van der Waals surface area contributed by atoms with E-state index in [0.717, 1.165) is 31.7 Å². The molecule has 0 amide bonds. The van der Waals surface area contributed by atoms with E-state index in [2.05, 4.69) is 9.62 Å². The Balaban J connectivity index is 1.47. The van der Waals surface area contributed by atoms with Gasteiger partial charge in [0.25, 0.3) is 0 Å². The van der Waals surface area contributed by atoms with Gasteiger partial charge in [-0.25, -0.2) is 21.6 Å². The number of rotatable bonds is 8. The van der Waals surface area contributed by atoms with Gasteiger partial charge >= 0.3 is 0 Å². The monoisotopic (exact) mass is 469 g/mol. The number of hydrogen-bond acceptors (Lipinski definition) is 7. The van der Waals surface area contributed by atoms with Crippen LogP contribution in [-0.2, 0) is 24.8 Å². The maximum Gasteiger partial charge on any atom is 0.243 e. The average molecular weight is 470 g/mol. The molecule has 3 heterocycles. The quantitative estimate of drug-likeness (QED) is 0.623. The summed E-state index contributed by atoms with van der Waals surface area (Å²) in [6.45, 7) is 3.22. The number of furan rings is 1. The molecule has 2 aliphatic heterocycles. The van der Waals surface area contributed by atoms with Crippen molar-refractivity contribution in [2.24, 2.45) is 0 Å². The zero-order valence-corrected chi connectivity index (χ0v) is 18.8. The predicted octanol–water partition coefficient (Wildman–Crippen LogP) is 1.42. The number of nitrogens with one attached hydrogen (secondary N) is 1. The average Bonchev–Trinajstić information content (AvgIpc) is 3.50. The van der Waals surface area contributed by atoms with Gasteiger partial charge in [-0.2, -0.15) is 4.31 Å². The Labute approximate surface area is 183 Å². The summed E-state index contributed by atoms with van der Waals surface area (Å²) in [7, 11) is -7.48. The SMILES string of the molecule is O=S(=O)(NCC(c1ccco1)N1CCCC1)c1ccc(S(=O)(=O)N2CCOCC2)cc1. The van der Waals surface area contributed by atoms with Crippen molar-refractivity contribution in [1.82, 2.24) is 13.9 Å². The molecule has 1 aromatic heterocycles. The zero-order chi connectivity index (χ0) is 21.9. The van der Waals surface area contributed by atoms with Gasteiger partial charge in [-0.15, -0.1) is 0 Å². The smallest absolute Gasteiger partial charge is 0.243 e. The van der Waals surface area contributed by atoms with Crippen LogP contribution in [0.3, 0.4) is 0 Å². The molecule has 2 saturated heterocycles. The van der Waals surface area contributed by atoms with Gasteiger partial charge in [0.2, 0.25) is 20.0 Å². The number of ether oxygens (including phenoxy) is 1. The van der Waals surface area contributed by atoms with Crippen molar-refractivity contribution >= 4 is 20.0 Å². The van der Waals surface area contributed by atoms with Crippen molar-refractivity contribution in [2.75, 3.05) is 45.9 Å². The lowest BCUT2D eigenvalue weighted by Gasteiger charge is -2.26. The molecule has 1 aromatic carbocycles. The molecule has 0 aliphatic carbocycles. The fourth-order valence-corrected chi connectivity index (χ4v) is 6.39. The molecule has 2 aliphatic rings. The first kappa shape index (κ1) is 22.4. The van der Waals surface area contributed by atoms with Crippen LogP contribution in [0.5, 0.6) is 0 Å². The molecule has 11 heteroatoms. The molecule has 2 aromatic rings. The summed E-state index contributed by atoms with van der Waals surface area (Å²) in [4.78, 5) is 2.30. The first-order chi connectivity index (χ1) is 14.9. The highest BCUT2D eigenvalue weighted by Gasteiger charge is 2.29. The first-order valence-electron chi connectivity index (χ1n) is 10.3. The third kappa shape index (κ3) is 5.02. The highest BCUT2D eigenvalue weighted by atomic mass is 32.2. The van der Waals surface area contributed by atoms with Crippen LogP contribution in [0, 0.1) is 0 Å². The molecule has 0 radical (unpaired) electrons. The van der Waals surface area contributed by atoms with Crippen molar-refractivity contribution < 1.29 is 26.0 Å². The van der Waals surface area contributed by atoms with E-state index in [0.29, 0.717) is 13.2 Å². The van der Waals surface area contributed by atoms with Crippen molar-refractivity contribution in [3.8, 4) is 0 Å². The maximum atomic E-state index is 12.8. The highest BCUT2D eigenvalue weighted by Crippen LogP contribution is 2.26. The Morgan fingerprint density at radius 3 is 2.16 bits per heavy atom. The summed E-state index contributed by atoms with van der Waals surface area (Å²) < 4.78 is 65.9. The van der Waals surface area contributed by atoms with Gasteiger partial charge in [0, 0.05) is 19.6 Å². The standard InChI is InChI=1S/C20H27N3O6S2/c24-30(25,21-16-19(20-4-3-13-29-20)22-9-1-2-10-22)17-5-7-18(8-6-17)31(26,27)23-11-14-28-15-12-23/h3-8,13,19,21H,1-2,9-12,14-16H2. The Hall–Kier alpha value is -1.76. The van der Waals surface area contributed by atoms with Crippen LogP contribution in [0.2, 0.25) is 0 Å². The van der Waals surface area contributed by atoms with E-state index in [1.54, 1.807) is 12.3 Å². The van der Waals surface area contributed by atoms with E-state index in [1.165, 1.54) is 28.6 Å². The summed E-state index contributed by atoms with van der Waals surface area (Å²) in [5.41, 5.74) is 0. The van der Waals surface area contributed by atoms with E-state index in [1.807, 2.05) is 6.07 Å². The molecule has 1 atom stereocenters. The number of likely N-dealkylation sites (tertiary alicyclic amines) is 1. The van der Waals surface area contributed by atoms with E-state index in [4.69, 9.17) is 9.15 Å². The van der Waals surface area contributed by atoms with Crippen LogP contribution in [0.1, 0.15) is 24.6 Å². The van der Waals surface area contributed by atoms with Gasteiger partial charge < -0.3 is 9.15 Å². The number of nitrogens with zero attached hydrogens (tertiary/aromatic N) is 2. The van der Waals surface area contributed by atoms with Gasteiger partial charge in [-0.3, -0.25) is 4.90 Å². The van der Waals surface area contributed by atoms with Gasteiger partial charge in [0.15, 0.2) is 0 Å². The van der Waals surface area contributed by atoms with E-state index in [-0.39, 0.29) is 35.5 Å². The minimum Gasteiger partial charge on any atom is -0.468 e. The molecule has 1 N–H and O–H groups in total. The number of hydrogen-bond donors (Lipinski definition) is 1. The lowest BCUT2D eigenvalue weighted by Crippen LogP contribution is -2.40. The Morgan fingerprint density at radius 1 is 0.903 bits per heavy atom. The second-order valence-electron chi connectivity index (χ2n) is 7.61. The number of morpholine rings is 1.